The number of amides is 2. The van der Waals surface area contributed by atoms with Gasteiger partial charge in [-0.1, -0.05) is 18.2 Å². The van der Waals surface area contributed by atoms with Gasteiger partial charge in [-0.2, -0.15) is 0 Å². The highest BCUT2D eigenvalue weighted by Gasteiger charge is 2.58. The van der Waals surface area contributed by atoms with E-state index in [-0.39, 0.29) is 12.4 Å². The zero-order valence-electron chi connectivity index (χ0n) is 16.0. The molecule has 3 rings (SSSR count). The molecule has 2 aliphatic heterocycles. The Bertz CT molecular complexity index is 751. The number of benzene rings is 1. The SMILES string of the molecule is CC(C)(C)OC(=O)C1C(O)CS[C@@H]2[C@H](NC(=O)COc3ccccc3)C(=O)N12. The topological polar surface area (TPSA) is 105 Å². The Hall–Kier alpha value is -2.26. The van der Waals surface area contributed by atoms with Crippen molar-refractivity contribution >= 4 is 29.5 Å². The molecule has 2 amide bonds. The van der Waals surface area contributed by atoms with Crippen molar-refractivity contribution in [3.63, 3.8) is 0 Å². The normalized spacial score (nSPS) is 26.7. The van der Waals surface area contributed by atoms with E-state index in [0.717, 1.165) is 0 Å². The summed E-state index contributed by atoms with van der Waals surface area (Å²) >= 11 is 1.32. The first-order valence-corrected chi connectivity index (χ1v) is 10.0. The molecule has 28 heavy (non-hydrogen) atoms. The van der Waals surface area contributed by atoms with Gasteiger partial charge >= 0.3 is 5.97 Å². The van der Waals surface area contributed by atoms with Gasteiger partial charge in [0, 0.05) is 5.75 Å². The predicted molar refractivity (Wildman–Crippen MR) is 103 cm³/mol. The molecule has 8 nitrogen and oxygen atoms in total. The lowest BCUT2D eigenvalue weighted by Gasteiger charge is -2.53. The number of fused-ring (bicyclic) bond motifs is 1. The quantitative estimate of drug-likeness (QED) is 0.541. The number of hydrogen-bond acceptors (Lipinski definition) is 7. The van der Waals surface area contributed by atoms with E-state index < -0.39 is 46.9 Å². The summed E-state index contributed by atoms with van der Waals surface area (Å²) in [5.74, 6) is -0.664. The summed E-state index contributed by atoms with van der Waals surface area (Å²) in [5, 5.41) is 12.5. The van der Waals surface area contributed by atoms with Gasteiger partial charge in [0.05, 0.1) is 6.10 Å². The van der Waals surface area contributed by atoms with E-state index in [2.05, 4.69) is 5.32 Å². The van der Waals surface area contributed by atoms with Crippen LogP contribution in [0.3, 0.4) is 0 Å². The standard InChI is InChI=1S/C19H24N2O6S/c1-19(2,3)27-18(25)15-12(22)10-28-17-14(16(24)21(15)17)20-13(23)9-26-11-7-5-4-6-8-11/h4-8,12,14-15,17,22H,9-10H2,1-3H3,(H,20,23)/t12?,14-,15?,17-/m1/s1. The molecule has 0 saturated carbocycles. The second-order valence-electron chi connectivity index (χ2n) is 7.66. The van der Waals surface area contributed by atoms with Gasteiger partial charge in [-0.3, -0.25) is 9.59 Å². The van der Waals surface area contributed by atoms with Gasteiger partial charge < -0.3 is 24.8 Å². The van der Waals surface area contributed by atoms with Crippen LogP contribution in [0.1, 0.15) is 20.8 Å². The van der Waals surface area contributed by atoms with Crippen molar-refractivity contribution in [3.8, 4) is 5.75 Å². The number of β-lactam (4-membered cyclic amide) rings is 1. The Morgan fingerprint density at radius 1 is 1.29 bits per heavy atom. The summed E-state index contributed by atoms with van der Waals surface area (Å²) in [4.78, 5) is 38.5. The summed E-state index contributed by atoms with van der Waals surface area (Å²) in [5.41, 5.74) is -0.729. The van der Waals surface area contributed by atoms with Crippen molar-refractivity contribution in [2.24, 2.45) is 0 Å². The summed E-state index contributed by atoms with van der Waals surface area (Å²) in [6, 6.07) is 7.06. The average Bonchev–Trinajstić information content (AvgIpc) is 2.63. The van der Waals surface area contributed by atoms with Gasteiger partial charge in [-0.25, -0.2) is 4.79 Å². The van der Waals surface area contributed by atoms with Crippen LogP contribution in [0.5, 0.6) is 5.75 Å². The van der Waals surface area contributed by atoms with Gasteiger partial charge in [-0.15, -0.1) is 11.8 Å². The average molecular weight is 408 g/mol. The molecule has 2 aliphatic rings. The maximum atomic E-state index is 12.6. The molecule has 2 fully saturated rings. The van der Waals surface area contributed by atoms with Crippen LogP contribution in [0.15, 0.2) is 30.3 Å². The molecule has 0 bridgehead atoms. The van der Waals surface area contributed by atoms with E-state index in [0.29, 0.717) is 5.75 Å². The van der Waals surface area contributed by atoms with Crippen LogP contribution in [0.25, 0.3) is 0 Å². The number of esters is 1. The zero-order valence-corrected chi connectivity index (χ0v) is 16.8. The molecule has 2 unspecified atom stereocenters. The molecular weight excluding hydrogens is 384 g/mol. The van der Waals surface area contributed by atoms with Crippen molar-refractivity contribution in [3.05, 3.63) is 30.3 Å². The number of hydrogen-bond donors (Lipinski definition) is 2. The molecule has 0 radical (unpaired) electrons. The van der Waals surface area contributed by atoms with E-state index in [9.17, 15) is 19.5 Å². The van der Waals surface area contributed by atoms with Crippen LogP contribution in [0, 0.1) is 0 Å². The summed E-state index contributed by atoms with van der Waals surface area (Å²) < 4.78 is 10.7. The Kier molecular flexibility index (Phi) is 5.85. The lowest BCUT2D eigenvalue weighted by molar-refractivity contribution is -0.178. The fraction of sp³-hybridized carbons (Fsp3) is 0.526. The highest BCUT2D eigenvalue weighted by Crippen LogP contribution is 2.39. The molecule has 0 aromatic heterocycles. The minimum atomic E-state index is -1.06. The first-order valence-electron chi connectivity index (χ1n) is 8.99. The van der Waals surface area contributed by atoms with Gasteiger partial charge in [0.2, 0.25) is 5.91 Å². The number of thioether (sulfide) groups is 1. The number of aliphatic hydroxyl groups is 1. The van der Waals surface area contributed by atoms with Crippen molar-refractivity contribution < 1.29 is 29.0 Å². The van der Waals surface area contributed by atoms with E-state index in [1.807, 2.05) is 6.07 Å². The Morgan fingerprint density at radius 2 is 1.96 bits per heavy atom. The second-order valence-corrected chi connectivity index (χ2v) is 8.81. The second kappa shape index (κ2) is 8.00. The van der Waals surface area contributed by atoms with Gasteiger partial charge in [0.15, 0.2) is 12.6 Å². The van der Waals surface area contributed by atoms with Crippen molar-refractivity contribution in [2.75, 3.05) is 12.4 Å². The van der Waals surface area contributed by atoms with E-state index >= 15 is 0 Å². The minimum absolute atomic E-state index is 0.219. The fourth-order valence-corrected chi connectivity index (χ4v) is 4.43. The van der Waals surface area contributed by atoms with Gasteiger partial charge in [0.1, 0.15) is 22.8 Å². The molecule has 0 aliphatic carbocycles. The molecule has 2 N–H and O–H groups in total. The smallest absolute Gasteiger partial charge is 0.332 e. The molecule has 2 heterocycles. The number of nitrogens with zero attached hydrogens (tertiary/aromatic N) is 1. The molecule has 4 atom stereocenters. The molecular formula is C19H24N2O6S. The van der Waals surface area contributed by atoms with Crippen molar-refractivity contribution in [1.29, 1.82) is 0 Å². The third-order valence-corrected chi connectivity index (χ3v) is 5.63. The van der Waals surface area contributed by atoms with Crippen LogP contribution in [0.4, 0.5) is 0 Å². The number of carbonyl (C=O) groups is 3. The number of aliphatic hydroxyl groups excluding tert-OH is 1. The van der Waals surface area contributed by atoms with Crippen LogP contribution < -0.4 is 10.1 Å². The molecule has 152 valence electrons. The lowest BCUT2D eigenvalue weighted by Crippen LogP contribution is -2.77. The van der Waals surface area contributed by atoms with Crippen LogP contribution in [-0.4, -0.2) is 69.3 Å². The number of carbonyl (C=O) groups excluding carboxylic acids is 3. The molecule has 2 saturated heterocycles. The third kappa shape index (κ3) is 4.41. The van der Waals surface area contributed by atoms with E-state index in [1.165, 1.54) is 16.7 Å². The largest absolute Gasteiger partial charge is 0.484 e. The predicted octanol–water partition coefficient (Wildman–Crippen LogP) is 0.536. The summed E-state index contributed by atoms with van der Waals surface area (Å²) in [6.07, 6.45) is -1.02. The summed E-state index contributed by atoms with van der Waals surface area (Å²) in [6.45, 7) is 4.95. The first-order chi connectivity index (χ1) is 13.2. The molecule has 9 heteroatoms. The Labute approximate surface area is 167 Å². The maximum Gasteiger partial charge on any atom is 0.332 e. The van der Waals surface area contributed by atoms with Crippen LogP contribution in [0.2, 0.25) is 0 Å². The van der Waals surface area contributed by atoms with Gasteiger partial charge in [-0.05, 0) is 32.9 Å². The highest BCUT2D eigenvalue weighted by molar-refractivity contribution is 8.00. The minimum Gasteiger partial charge on any atom is -0.484 e. The van der Waals surface area contributed by atoms with E-state index in [4.69, 9.17) is 9.47 Å². The highest BCUT2D eigenvalue weighted by atomic mass is 32.2. The van der Waals surface area contributed by atoms with Crippen LogP contribution in [-0.2, 0) is 19.1 Å². The van der Waals surface area contributed by atoms with Crippen molar-refractivity contribution in [1.82, 2.24) is 10.2 Å². The summed E-state index contributed by atoms with van der Waals surface area (Å²) in [7, 11) is 0. The molecule has 0 spiro atoms. The number of rotatable bonds is 5. The first kappa shape index (κ1) is 20.5. The monoisotopic (exact) mass is 408 g/mol. The molecule has 1 aromatic rings. The number of para-hydroxylation sites is 1. The van der Waals surface area contributed by atoms with Crippen molar-refractivity contribution in [2.45, 2.75) is 49.9 Å². The fourth-order valence-electron chi connectivity index (χ4n) is 3.08. The Balaban J connectivity index is 1.59. The van der Waals surface area contributed by atoms with E-state index in [1.54, 1.807) is 45.0 Å². The Morgan fingerprint density at radius 3 is 2.61 bits per heavy atom. The number of nitrogens with one attached hydrogen (secondary N) is 1. The zero-order chi connectivity index (χ0) is 20.5. The number of ether oxygens (including phenoxy) is 2. The third-order valence-electron chi connectivity index (χ3n) is 4.26. The maximum absolute atomic E-state index is 12.6. The van der Waals surface area contributed by atoms with Crippen LogP contribution >= 0.6 is 11.8 Å². The van der Waals surface area contributed by atoms with Gasteiger partial charge in [0.25, 0.3) is 5.91 Å². The molecule has 1 aromatic carbocycles. The lowest BCUT2D eigenvalue weighted by atomic mass is 9.99.